The number of amides is 1. The second-order valence-electron chi connectivity index (χ2n) is 3.99. The van der Waals surface area contributed by atoms with Crippen molar-refractivity contribution in [1.82, 2.24) is 5.32 Å². The second-order valence-corrected chi connectivity index (χ2v) is 3.99. The van der Waals surface area contributed by atoms with Crippen LogP contribution in [-0.2, 0) is 9.59 Å². The first kappa shape index (κ1) is 14.9. The number of carboxylic acids is 1. The summed E-state index contributed by atoms with van der Waals surface area (Å²) in [6.45, 7) is 2.81. The van der Waals surface area contributed by atoms with E-state index in [0.717, 1.165) is 19.3 Å². The van der Waals surface area contributed by atoms with E-state index in [9.17, 15) is 9.59 Å². The highest BCUT2D eigenvalue weighted by Gasteiger charge is 2.08. The van der Waals surface area contributed by atoms with Crippen molar-refractivity contribution in [2.24, 2.45) is 11.7 Å². The molecule has 5 heteroatoms. The molecule has 4 N–H and O–H groups in total. The van der Waals surface area contributed by atoms with Crippen molar-refractivity contribution in [2.75, 3.05) is 13.1 Å². The van der Waals surface area contributed by atoms with Crippen LogP contribution in [0.3, 0.4) is 0 Å². The highest BCUT2D eigenvalue weighted by molar-refractivity contribution is 5.78. The monoisotopic (exact) mass is 230 g/mol. The van der Waals surface area contributed by atoms with E-state index in [2.05, 4.69) is 5.32 Å². The maximum absolute atomic E-state index is 11.3. The van der Waals surface area contributed by atoms with Crippen LogP contribution >= 0.6 is 0 Å². The first-order valence-corrected chi connectivity index (χ1v) is 5.77. The Morgan fingerprint density at radius 3 is 2.44 bits per heavy atom. The van der Waals surface area contributed by atoms with E-state index < -0.39 is 5.97 Å². The smallest absolute Gasteiger partial charge is 0.303 e. The molecule has 1 unspecified atom stereocenters. The Labute approximate surface area is 96.4 Å². The lowest BCUT2D eigenvalue weighted by molar-refractivity contribution is -0.137. The normalized spacial score (nSPS) is 12.1. The first-order valence-electron chi connectivity index (χ1n) is 5.77. The fourth-order valence-corrected chi connectivity index (χ4v) is 1.25. The number of nitrogens with one attached hydrogen (secondary N) is 1. The largest absolute Gasteiger partial charge is 0.481 e. The van der Waals surface area contributed by atoms with Gasteiger partial charge in [-0.3, -0.25) is 9.59 Å². The summed E-state index contributed by atoms with van der Waals surface area (Å²) in [5, 5.41) is 11.2. The minimum absolute atomic E-state index is 0.00645. The van der Waals surface area contributed by atoms with Crippen LogP contribution in [0, 0.1) is 5.92 Å². The first-order chi connectivity index (χ1) is 7.57. The lowest BCUT2D eigenvalue weighted by Crippen LogP contribution is -2.33. The quantitative estimate of drug-likeness (QED) is 0.509. The molecule has 0 aromatic heterocycles. The van der Waals surface area contributed by atoms with Crippen LogP contribution in [0.2, 0.25) is 0 Å². The van der Waals surface area contributed by atoms with E-state index in [1.54, 1.807) is 6.92 Å². The lowest BCUT2D eigenvalue weighted by Gasteiger charge is -2.09. The van der Waals surface area contributed by atoms with Crippen LogP contribution < -0.4 is 11.1 Å². The molecule has 1 atom stereocenters. The zero-order chi connectivity index (χ0) is 12.4. The minimum atomic E-state index is -0.745. The number of aliphatic carboxylic acids is 1. The van der Waals surface area contributed by atoms with Crippen molar-refractivity contribution in [3.8, 4) is 0 Å². The molecule has 0 aromatic rings. The van der Waals surface area contributed by atoms with Crippen molar-refractivity contribution in [3.63, 3.8) is 0 Å². The predicted molar refractivity (Wildman–Crippen MR) is 61.9 cm³/mol. The summed E-state index contributed by atoms with van der Waals surface area (Å²) < 4.78 is 0. The number of rotatable bonds is 9. The maximum Gasteiger partial charge on any atom is 0.303 e. The molecule has 94 valence electrons. The van der Waals surface area contributed by atoms with E-state index in [0.29, 0.717) is 19.5 Å². The summed E-state index contributed by atoms with van der Waals surface area (Å²) in [7, 11) is 0. The maximum atomic E-state index is 11.3. The molecule has 0 aliphatic carbocycles. The van der Waals surface area contributed by atoms with Gasteiger partial charge in [-0.2, -0.15) is 0 Å². The average molecular weight is 230 g/mol. The number of carboxylic acid groups (broad SMARTS) is 1. The van der Waals surface area contributed by atoms with E-state index in [-0.39, 0.29) is 18.2 Å². The van der Waals surface area contributed by atoms with Gasteiger partial charge in [0, 0.05) is 25.4 Å². The van der Waals surface area contributed by atoms with Crippen LogP contribution in [0.1, 0.15) is 39.0 Å². The van der Waals surface area contributed by atoms with Gasteiger partial charge in [-0.1, -0.05) is 19.8 Å². The molecule has 0 rings (SSSR count). The average Bonchev–Trinajstić information content (AvgIpc) is 2.25. The highest BCUT2D eigenvalue weighted by atomic mass is 16.4. The fraction of sp³-hybridized carbons (Fsp3) is 0.818. The zero-order valence-electron chi connectivity index (χ0n) is 9.87. The third-order valence-corrected chi connectivity index (χ3v) is 2.42. The molecule has 5 nitrogen and oxygen atoms in total. The molecule has 0 bridgehead atoms. The molecule has 0 aromatic carbocycles. The number of hydrogen-bond acceptors (Lipinski definition) is 3. The highest BCUT2D eigenvalue weighted by Crippen LogP contribution is 2.02. The Balaban J connectivity index is 3.27. The van der Waals surface area contributed by atoms with Gasteiger partial charge in [0.05, 0.1) is 0 Å². The van der Waals surface area contributed by atoms with Crippen LogP contribution in [0.15, 0.2) is 0 Å². The van der Waals surface area contributed by atoms with Crippen LogP contribution in [0.4, 0.5) is 0 Å². The number of hydrogen-bond donors (Lipinski definition) is 3. The minimum Gasteiger partial charge on any atom is -0.481 e. The Kier molecular flexibility index (Phi) is 8.52. The van der Waals surface area contributed by atoms with Gasteiger partial charge in [0.15, 0.2) is 0 Å². The number of nitrogens with two attached hydrogens (primary N) is 1. The molecular formula is C11H22N2O3. The molecule has 16 heavy (non-hydrogen) atoms. The summed E-state index contributed by atoms with van der Waals surface area (Å²) in [5.74, 6) is -0.884. The summed E-state index contributed by atoms with van der Waals surface area (Å²) in [4.78, 5) is 21.5. The van der Waals surface area contributed by atoms with Crippen molar-refractivity contribution >= 4 is 11.9 Å². The number of unbranched alkanes of at least 4 members (excludes halogenated alkanes) is 3. The molecule has 0 spiro atoms. The third-order valence-electron chi connectivity index (χ3n) is 2.42. The molecule has 0 saturated heterocycles. The zero-order valence-corrected chi connectivity index (χ0v) is 9.87. The summed E-state index contributed by atoms with van der Waals surface area (Å²) >= 11 is 0. The molecule has 0 aliphatic rings. The topological polar surface area (TPSA) is 92.4 Å². The SMILES string of the molecule is CC(CN)C(=O)NCCCCCCC(=O)O. The Morgan fingerprint density at radius 1 is 1.25 bits per heavy atom. The summed E-state index contributed by atoms with van der Waals surface area (Å²) in [5.41, 5.74) is 5.35. The molecule has 1 amide bonds. The Morgan fingerprint density at radius 2 is 1.88 bits per heavy atom. The van der Waals surface area contributed by atoms with Gasteiger partial charge in [-0.05, 0) is 12.8 Å². The van der Waals surface area contributed by atoms with Crippen molar-refractivity contribution in [3.05, 3.63) is 0 Å². The van der Waals surface area contributed by atoms with Gasteiger partial charge >= 0.3 is 5.97 Å². The van der Waals surface area contributed by atoms with Crippen molar-refractivity contribution in [2.45, 2.75) is 39.0 Å². The van der Waals surface area contributed by atoms with Crippen molar-refractivity contribution in [1.29, 1.82) is 0 Å². The molecule has 0 fully saturated rings. The van der Waals surface area contributed by atoms with Crippen molar-refractivity contribution < 1.29 is 14.7 Å². The van der Waals surface area contributed by atoms with E-state index >= 15 is 0 Å². The second kappa shape index (κ2) is 9.15. The van der Waals surface area contributed by atoms with Crippen LogP contribution in [0.25, 0.3) is 0 Å². The van der Waals surface area contributed by atoms with Gasteiger partial charge in [0.25, 0.3) is 0 Å². The van der Waals surface area contributed by atoms with Gasteiger partial charge in [-0.25, -0.2) is 0 Å². The third kappa shape index (κ3) is 8.23. The molecule has 0 heterocycles. The molecule has 0 saturated carbocycles. The predicted octanol–water partition coefficient (Wildman–Crippen LogP) is 0.733. The van der Waals surface area contributed by atoms with Gasteiger partial charge in [-0.15, -0.1) is 0 Å². The van der Waals surface area contributed by atoms with E-state index in [1.165, 1.54) is 0 Å². The number of carbonyl (C=O) groups excluding carboxylic acids is 1. The fourth-order valence-electron chi connectivity index (χ4n) is 1.25. The molecular weight excluding hydrogens is 208 g/mol. The van der Waals surface area contributed by atoms with Crippen LogP contribution in [-0.4, -0.2) is 30.1 Å². The summed E-state index contributed by atoms with van der Waals surface area (Å²) in [6.07, 6.45) is 3.68. The van der Waals surface area contributed by atoms with Gasteiger partial charge in [0.1, 0.15) is 0 Å². The molecule has 0 radical (unpaired) electrons. The van der Waals surface area contributed by atoms with E-state index in [4.69, 9.17) is 10.8 Å². The number of carbonyl (C=O) groups is 2. The van der Waals surface area contributed by atoms with Crippen LogP contribution in [0.5, 0.6) is 0 Å². The van der Waals surface area contributed by atoms with Gasteiger partial charge < -0.3 is 16.2 Å². The molecule has 0 aliphatic heterocycles. The van der Waals surface area contributed by atoms with Gasteiger partial charge in [0.2, 0.25) is 5.91 Å². The standard InChI is InChI=1S/C11H22N2O3/c1-9(8-12)11(16)13-7-5-3-2-4-6-10(14)15/h9H,2-8,12H2,1H3,(H,13,16)(H,14,15). The Bertz CT molecular complexity index is 219. The van der Waals surface area contributed by atoms with E-state index in [1.807, 2.05) is 0 Å². The Hall–Kier alpha value is -1.10. The summed E-state index contributed by atoms with van der Waals surface area (Å²) in [6, 6.07) is 0. The lowest BCUT2D eigenvalue weighted by atomic mass is 10.1.